The van der Waals surface area contributed by atoms with Crippen LogP contribution in [0.2, 0.25) is 0 Å². The summed E-state index contributed by atoms with van der Waals surface area (Å²) in [5.41, 5.74) is 2.72. The third-order valence-corrected chi connectivity index (χ3v) is 5.56. The molecule has 0 bridgehead atoms. The van der Waals surface area contributed by atoms with E-state index in [9.17, 15) is 23.8 Å². The number of phenolic OH excluding ortho intramolecular Hbond substituents is 1. The van der Waals surface area contributed by atoms with Crippen LogP contribution in [0.4, 0.5) is 14.5 Å². The number of hydrogen-bond donors (Lipinski definition) is 2. The lowest BCUT2D eigenvalue weighted by Crippen LogP contribution is -2.55. The fourth-order valence-corrected chi connectivity index (χ4v) is 3.93. The van der Waals surface area contributed by atoms with Crippen LogP contribution in [0.3, 0.4) is 0 Å². The molecule has 0 aromatic heterocycles. The fourth-order valence-electron chi connectivity index (χ4n) is 3.93. The average Bonchev–Trinajstić information content (AvgIpc) is 2.78. The normalized spacial score (nSPS) is 18.7. The second-order valence-electron chi connectivity index (χ2n) is 7.46. The minimum atomic E-state index is -0.392. The van der Waals surface area contributed by atoms with Gasteiger partial charge in [0, 0.05) is 5.69 Å². The summed E-state index contributed by atoms with van der Waals surface area (Å²) in [5.74, 6) is -1.13. The number of phenols is 1. The maximum Gasteiger partial charge on any atom is 0.233 e. The molecule has 1 saturated heterocycles. The summed E-state index contributed by atoms with van der Waals surface area (Å²) in [6.45, 7) is -0.238. The molecular weight excluding hydrogens is 400 g/mol. The molecule has 0 unspecified atom stereocenters. The predicted octanol–water partition coefficient (Wildman–Crippen LogP) is 4.84. The molecule has 6 heteroatoms. The largest absolute Gasteiger partial charge is 0.508 e. The van der Waals surface area contributed by atoms with Crippen molar-refractivity contribution >= 4 is 17.2 Å². The van der Waals surface area contributed by atoms with Gasteiger partial charge in [0.25, 0.3) is 0 Å². The van der Waals surface area contributed by atoms with Crippen molar-refractivity contribution in [2.45, 2.75) is 12.5 Å². The summed E-state index contributed by atoms with van der Waals surface area (Å²) in [7, 11) is 0. The van der Waals surface area contributed by atoms with Gasteiger partial charge in [-0.2, -0.15) is 0 Å². The van der Waals surface area contributed by atoms with Crippen LogP contribution in [0.15, 0.2) is 78.9 Å². The second-order valence-corrected chi connectivity index (χ2v) is 7.46. The van der Waals surface area contributed by atoms with Crippen LogP contribution < -0.4 is 4.90 Å². The van der Waals surface area contributed by atoms with E-state index < -0.39 is 5.92 Å². The molecule has 0 saturated carbocycles. The van der Waals surface area contributed by atoms with Crippen molar-refractivity contribution in [2.75, 3.05) is 11.5 Å². The summed E-state index contributed by atoms with van der Waals surface area (Å²) in [6, 6.07) is 17.9. The Balaban J connectivity index is 1.63. The Bertz CT molecular complexity index is 1090. The van der Waals surface area contributed by atoms with Gasteiger partial charge in [-0.15, -0.1) is 0 Å². The second kappa shape index (κ2) is 8.70. The molecule has 1 aliphatic rings. The highest BCUT2D eigenvalue weighted by molar-refractivity contribution is 6.03. The Labute approximate surface area is 178 Å². The Morgan fingerprint density at radius 3 is 2.06 bits per heavy atom. The molecule has 1 fully saturated rings. The van der Waals surface area contributed by atoms with Gasteiger partial charge >= 0.3 is 0 Å². The molecule has 158 valence electrons. The number of carbonyl (C=O) groups is 1. The van der Waals surface area contributed by atoms with Gasteiger partial charge < -0.3 is 15.1 Å². The number of halogens is 2. The van der Waals surface area contributed by atoms with Crippen molar-refractivity contribution in [3.8, 4) is 5.75 Å². The average molecular weight is 421 g/mol. The number of aliphatic hydroxyl groups excluding tert-OH is 1. The molecule has 4 rings (SSSR count). The fraction of sp³-hybridized carbons (Fsp3) is 0.160. The molecule has 1 heterocycles. The Morgan fingerprint density at radius 2 is 1.48 bits per heavy atom. The van der Waals surface area contributed by atoms with Gasteiger partial charge in [-0.1, -0.05) is 30.3 Å². The van der Waals surface area contributed by atoms with E-state index in [0.717, 1.165) is 5.56 Å². The van der Waals surface area contributed by atoms with Gasteiger partial charge in [0.1, 0.15) is 17.4 Å². The van der Waals surface area contributed by atoms with Crippen LogP contribution in [0.5, 0.6) is 5.75 Å². The molecule has 2 atom stereocenters. The van der Waals surface area contributed by atoms with Crippen molar-refractivity contribution in [1.82, 2.24) is 0 Å². The highest BCUT2D eigenvalue weighted by atomic mass is 19.1. The van der Waals surface area contributed by atoms with Gasteiger partial charge in [0.2, 0.25) is 5.91 Å². The first-order chi connectivity index (χ1) is 15.0. The summed E-state index contributed by atoms with van der Waals surface area (Å²) in [4.78, 5) is 14.6. The third-order valence-electron chi connectivity index (χ3n) is 5.56. The van der Waals surface area contributed by atoms with Gasteiger partial charge in [0.05, 0.1) is 18.6 Å². The Kier molecular flexibility index (Phi) is 5.82. The standard InChI is InChI=1S/C25H21F2NO3/c26-19-6-1-16(2-7-19)18(15-29)5-14-23-24(17-3-12-22(30)13-4-17)28(25(23)31)21-10-8-20(27)9-11-21/h1-13,23-24,29-30H,14-15H2/b18-5+/t23-,24-/m1/s1. The highest BCUT2D eigenvalue weighted by Crippen LogP contribution is 2.45. The maximum atomic E-state index is 13.4. The summed E-state index contributed by atoms with van der Waals surface area (Å²) in [5, 5.41) is 19.4. The first-order valence-corrected chi connectivity index (χ1v) is 9.91. The number of aromatic hydroxyl groups is 1. The van der Waals surface area contributed by atoms with Crippen molar-refractivity contribution in [1.29, 1.82) is 0 Å². The first-order valence-electron chi connectivity index (χ1n) is 9.91. The van der Waals surface area contributed by atoms with Crippen LogP contribution in [-0.4, -0.2) is 22.7 Å². The van der Waals surface area contributed by atoms with Gasteiger partial charge in [-0.3, -0.25) is 4.79 Å². The van der Waals surface area contributed by atoms with E-state index in [2.05, 4.69) is 0 Å². The maximum absolute atomic E-state index is 13.4. The van der Waals surface area contributed by atoms with Gasteiger partial charge in [-0.25, -0.2) is 8.78 Å². The number of rotatable bonds is 6. The number of nitrogens with zero attached hydrogens (tertiary/aromatic N) is 1. The number of aliphatic hydroxyl groups is 1. The summed E-state index contributed by atoms with van der Waals surface area (Å²) in [6.07, 6.45) is 2.17. The van der Waals surface area contributed by atoms with Crippen LogP contribution in [0.1, 0.15) is 23.6 Å². The predicted molar refractivity (Wildman–Crippen MR) is 114 cm³/mol. The smallest absolute Gasteiger partial charge is 0.233 e. The molecule has 1 aliphatic heterocycles. The zero-order chi connectivity index (χ0) is 22.0. The SMILES string of the molecule is O=C1[C@H](C/C=C(\CO)c2ccc(F)cc2)[C@@H](c2ccc(O)cc2)N1c1ccc(F)cc1. The zero-order valence-electron chi connectivity index (χ0n) is 16.6. The lowest BCUT2D eigenvalue weighted by Gasteiger charge is -2.47. The van der Waals surface area contributed by atoms with E-state index in [4.69, 9.17) is 0 Å². The molecule has 31 heavy (non-hydrogen) atoms. The lowest BCUT2D eigenvalue weighted by molar-refractivity contribution is -0.130. The molecule has 4 nitrogen and oxygen atoms in total. The molecule has 3 aromatic rings. The van der Waals surface area contributed by atoms with Crippen molar-refractivity contribution < 1.29 is 23.8 Å². The van der Waals surface area contributed by atoms with E-state index in [1.54, 1.807) is 59.5 Å². The number of benzene rings is 3. The van der Waals surface area contributed by atoms with Crippen LogP contribution in [-0.2, 0) is 4.79 Å². The number of amides is 1. The van der Waals surface area contributed by atoms with Gasteiger partial charge in [-0.05, 0) is 71.7 Å². The number of β-lactam (4-membered cyclic amide) rings is 1. The molecule has 2 N–H and O–H groups in total. The lowest BCUT2D eigenvalue weighted by atomic mass is 9.79. The van der Waals surface area contributed by atoms with Crippen molar-refractivity contribution in [2.24, 2.45) is 5.92 Å². The molecule has 0 radical (unpaired) electrons. The van der Waals surface area contributed by atoms with E-state index >= 15 is 0 Å². The third kappa shape index (κ3) is 4.20. The van der Waals surface area contributed by atoms with Crippen LogP contribution in [0.25, 0.3) is 5.57 Å². The summed E-state index contributed by atoms with van der Waals surface area (Å²) < 4.78 is 26.6. The van der Waals surface area contributed by atoms with E-state index in [1.165, 1.54) is 24.3 Å². The topological polar surface area (TPSA) is 60.8 Å². The molecular formula is C25H21F2NO3. The van der Waals surface area contributed by atoms with E-state index in [1.807, 2.05) is 0 Å². The Morgan fingerprint density at radius 1 is 0.903 bits per heavy atom. The van der Waals surface area contributed by atoms with Crippen LogP contribution >= 0.6 is 0 Å². The highest BCUT2D eigenvalue weighted by Gasteiger charge is 2.48. The number of carbonyl (C=O) groups excluding carboxylic acids is 1. The van der Waals surface area contributed by atoms with Crippen molar-refractivity contribution in [3.05, 3.63) is 102 Å². The Hall–Kier alpha value is -3.51. The zero-order valence-corrected chi connectivity index (χ0v) is 16.6. The van der Waals surface area contributed by atoms with E-state index in [0.29, 0.717) is 23.2 Å². The minimum absolute atomic E-state index is 0.114. The molecule has 1 amide bonds. The number of allylic oxidation sites excluding steroid dienone is 1. The molecule has 0 aliphatic carbocycles. The van der Waals surface area contributed by atoms with Crippen LogP contribution in [0, 0.1) is 17.6 Å². The van der Waals surface area contributed by atoms with Gasteiger partial charge in [0.15, 0.2) is 0 Å². The van der Waals surface area contributed by atoms with Crippen molar-refractivity contribution in [3.63, 3.8) is 0 Å². The minimum Gasteiger partial charge on any atom is -0.508 e. The molecule has 3 aromatic carbocycles. The molecule has 0 spiro atoms. The summed E-state index contributed by atoms with van der Waals surface area (Å²) >= 11 is 0. The monoisotopic (exact) mass is 421 g/mol. The first kappa shape index (κ1) is 20.8. The quantitative estimate of drug-likeness (QED) is 0.560. The number of anilines is 1. The number of hydrogen-bond acceptors (Lipinski definition) is 3. The van der Waals surface area contributed by atoms with E-state index in [-0.39, 0.29) is 35.9 Å².